The number of amides is 1. The Hall–Kier alpha value is -1.76. The van der Waals surface area contributed by atoms with Gasteiger partial charge in [-0.05, 0) is 23.9 Å². The van der Waals surface area contributed by atoms with E-state index in [4.69, 9.17) is 9.15 Å². The van der Waals surface area contributed by atoms with Gasteiger partial charge in [-0.2, -0.15) is 0 Å². The number of carbonyl (C=O) groups excluding carboxylic acids is 1. The third kappa shape index (κ3) is 3.76. The minimum atomic E-state index is -0.134. The van der Waals surface area contributed by atoms with Crippen LogP contribution in [0.3, 0.4) is 0 Å². The van der Waals surface area contributed by atoms with Crippen LogP contribution in [-0.2, 0) is 10.5 Å². The van der Waals surface area contributed by atoms with Gasteiger partial charge in [0, 0.05) is 35.8 Å². The van der Waals surface area contributed by atoms with Gasteiger partial charge in [-0.25, -0.2) is 0 Å². The summed E-state index contributed by atoms with van der Waals surface area (Å²) >= 11 is 3.44. The number of hydrogen-bond donors (Lipinski definition) is 1. The van der Waals surface area contributed by atoms with E-state index < -0.39 is 0 Å². The van der Waals surface area contributed by atoms with Gasteiger partial charge in [-0.3, -0.25) is 4.79 Å². The Morgan fingerprint density at radius 3 is 3.00 bits per heavy atom. The average Bonchev–Trinajstić information content (AvgIpc) is 3.38. The molecule has 0 bridgehead atoms. The minimum Gasteiger partial charge on any atom is -0.451 e. The molecular formula is C19H19NO3S2. The molecule has 0 radical (unpaired) electrons. The lowest BCUT2D eigenvalue weighted by atomic mass is 10.1. The lowest BCUT2D eigenvalue weighted by molar-refractivity contribution is 0.0918. The van der Waals surface area contributed by atoms with E-state index in [2.05, 4.69) is 16.8 Å². The van der Waals surface area contributed by atoms with Gasteiger partial charge in [0.2, 0.25) is 0 Å². The van der Waals surface area contributed by atoms with Crippen molar-refractivity contribution in [2.45, 2.75) is 16.4 Å². The number of hydrogen-bond acceptors (Lipinski definition) is 5. The number of para-hydroxylation sites is 1. The molecule has 1 N–H and O–H groups in total. The first-order valence-electron chi connectivity index (χ1n) is 8.34. The summed E-state index contributed by atoms with van der Waals surface area (Å²) in [4.78, 5) is 12.7. The number of benzene rings is 1. The number of nitrogens with one attached hydrogen (secondary N) is 1. The molecule has 1 saturated heterocycles. The zero-order valence-electron chi connectivity index (χ0n) is 13.7. The van der Waals surface area contributed by atoms with Crippen molar-refractivity contribution in [1.29, 1.82) is 0 Å². The van der Waals surface area contributed by atoms with Crippen LogP contribution in [-0.4, -0.2) is 25.7 Å². The molecular weight excluding hydrogens is 354 g/mol. The fourth-order valence-electron chi connectivity index (χ4n) is 2.98. The molecule has 4 rings (SSSR count). The Balaban J connectivity index is 1.55. The lowest BCUT2D eigenvalue weighted by Crippen LogP contribution is -2.29. The Morgan fingerprint density at radius 1 is 1.28 bits per heavy atom. The van der Waals surface area contributed by atoms with Crippen molar-refractivity contribution in [3.8, 4) is 0 Å². The number of ether oxygens (including phenoxy) is 1. The highest BCUT2D eigenvalue weighted by molar-refractivity contribution is 8.00. The van der Waals surface area contributed by atoms with E-state index in [0.717, 1.165) is 36.2 Å². The summed E-state index contributed by atoms with van der Waals surface area (Å²) < 4.78 is 12.5. The summed E-state index contributed by atoms with van der Waals surface area (Å²) in [5, 5.41) is 6.09. The van der Waals surface area contributed by atoms with Crippen LogP contribution >= 0.6 is 23.1 Å². The normalized spacial score (nSPS) is 17.2. The summed E-state index contributed by atoms with van der Waals surface area (Å²) in [6, 6.07) is 12.0. The summed E-state index contributed by atoms with van der Waals surface area (Å²) in [5.41, 5.74) is 1.73. The van der Waals surface area contributed by atoms with E-state index in [0.29, 0.717) is 24.0 Å². The van der Waals surface area contributed by atoms with E-state index in [1.165, 1.54) is 4.21 Å². The molecule has 1 atom stereocenters. The van der Waals surface area contributed by atoms with E-state index >= 15 is 0 Å². The molecule has 1 unspecified atom stereocenters. The van der Waals surface area contributed by atoms with Gasteiger partial charge in [0.05, 0.1) is 10.8 Å². The Labute approximate surface area is 154 Å². The van der Waals surface area contributed by atoms with Gasteiger partial charge in [-0.1, -0.05) is 24.3 Å². The molecule has 6 heteroatoms. The zero-order valence-corrected chi connectivity index (χ0v) is 15.3. The standard InChI is InChI=1S/C19H19NO3S2/c21-19(20-10-13-7-8-22-11-13)18-15(12-25-17-6-3-9-24-17)14-4-1-2-5-16(14)23-18/h1-6,9,13H,7-8,10-12H2,(H,20,21). The maximum absolute atomic E-state index is 12.7. The van der Waals surface area contributed by atoms with Crippen LogP contribution in [0.1, 0.15) is 22.5 Å². The molecule has 1 aliphatic rings. The summed E-state index contributed by atoms with van der Waals surface area (Å²) in [6.07, 6.45) is 1.00. The zero-order chi connectivity index (χ0) is 17.1. The van der Waals surface area contributed by atoms with Crippen LogP contribution in [0.15, 0.2) is 50.4 Å². The molecule has 3 aromatic rings. The van der Waals surface area contributed by atoms with Crippen molar-refractivity contribution in [1.82, 2.24) is 5.32 Å². The topological polar surface area (TPSA) is 51.5 Å². The Bertz CT molecular complexity index is 851. The van der Waals surface area contributed by atoms with Crippen molar-refractivity contribution >= 4 is 40.0 Å². The maximum atomic E-state index is 12.7. The number of fused-ring (bicyclic) bond motifs is 1. The van der Waals surface area contributed by atoms with Crippen LogP contribution in [0.2, 0.25) is 0 Å². The number of furan rings is 1. The molecule has 1 amide bonds. The van der Waals surface area contributed by atoms with Crippen molar-refractivity contribution in [2.24, 2.45) is 5.92 Å². The molecule has 0 saturated carbocycles. The van der Waals surface area contributed by atoms with Crippen LogP contribution in [0.25, 0.3) is 11.0 Å². The van der Waals surface area contributed by atoms with Crippen molar-refractivity contribution < 1.29 is 13.9 Å². The van der Waals surface area contributed by atoms with Gasteiger partial charge in [0.1, 0.15) is 5.58 Å². The van der Waals surface area contributed by atoms with Crippen LogP contribution in [0.5, 0.6) is 0 Å². The van der Waals surface area contributed by atoms with E-state index in [9.17, 15) is 4.79 Å². The third-order valence-electron chi connectivity index (χ3n) is 4.33. The molecule has 25 heavy (non-hydrogen) atoms. The first-order valence-corrected chi connectivity index (χ1v) is 10.2. The van der Waals surface area contributed by atoms with E-state index in [1.807, 2.05) is 30.3 Å². The molecule has 1 aliphatic heterocycles. The Morgan fingerprint density at radius 2 is 2.20 bits per heavy atom. The first-order chi connectivity index (χ1) is 12.3. The molecule has 1 fully saturated rings. The smallest absolute Gasteiger partial charge is 0.287 e. The molecule has 3 heterocycles. The van der Waals surface area contributed by atoms with Crippen molar-refractivity contribution in [3.63, 3.8) is 0 Å². The molecule has 0 spiro atoms. The molecule has 130 valence electrons. The van der Waals surface area contributed by atoms with Crippen LogP contribution in [0, 0.1) is 5.92 Å². The summed E-state index contributed by atoms with van der Waals surface area (Å²) in [5.74, 6) is 1.42. The molecule has 0 aliphatic carbocycles. The summed E-state index contributed by atoms with van der Waals surface area (Å²) in [7, 11) is 0. The lowest BCUT2D eigenvalue weighted by Gasteiger charge is -2.09. The van der Waals surface area contributed by atoms with E-state index in [-0.39, 0.29) is 5.91 Å². The number of carbonyl (C=O) groups is 1. The largest absolute Gasteiger partial charge is 0.451 e. The van der Waals surface area contributed by atoms with Gasteiger partial charge in [0.15, 0.2) is 5.76 Å². The predicted molar refractivity (Wildman–Crippen MR) is 101 cm³/mol. The second-order valence-corrected chi connectivity index (χ2v) is 8.29. The number of thiophene rings is 1. The average molecular weight is 373 g/mol. The highest BCUT2D eigenvalue weighted by atomic mass is 32.2. The quantitative estimate of drug-likeness (QED) is 0.644. The fraction of sp³-hybridized carbons (Fsp3) is 0.316. The molecule has 4 nitrogen and oxygen atoms in total. The molecule has 1 aromatic carbocycles. The first kappa shape index (κ1) is 16.7. The van der Waals surface area contributed by atoms with Crippen molar-refractivity contribution in [3.05, 3.63) is 53.1 Å². The van der Waals surface area contributed by atoms with Crippen molar-refractivity contribution in [2.75, 3.05) is 19.8 Å². The van der Waals surface area contributed by atoms with Gasteiger partial charge in [-0.15, -0.1) is 23.1 Å². The minimum absolute atomic E-state index is 0.134. The Kier molecular flexibility index (Phi) is 5.10. The van der Waals surface area contributed by atoms with E-state index in [1.54, 1.807) is 23.1 Å². The highest BCUT2D eigenvalue weighted by Crippen LogP contribution is 2.33. The second kappa shape index (κ2) is 7.64. The van der Waals surface area contributed by atoms with Gasteiger partial charge in [0.25, 0.3) is 5.91 Å². The number of rotatable bonds is 6. The summed E-state index contributed by atoms with van der Waals surface area (Å²) in [6.45, 7) is 2.14. The third-order valence-corrected chi connectivity index (χ3v) is 6.49. The highest BCUT2D eigenvalue weighted by Gasteiger charge is 2.22. The predicted octanol–water partition coefficient (Wildman–Crippen LogP) is 4.55. The second-order valence-electron chi connectivity index (χ2n) is 6.07. The monoisotopic (exact) mass is 373 g/mol. The SMILES string of the molecule is O=C(NCC1CCOC1)c1oc2ccccc2c1CSc1cccs1. The fourth-order valence-corrected chi connectivity index (χ4v) is 4.79. The maximum Gasteiger partial charge on any atom is 0.287 e. The van der Waals surface area contributed by atoms with Crippen LogP contribution in [0.4, 0.5) is 0 Å². The molecule has 2 aromatic heterocycles. The van der Waals surface area contributed by atoms with Gasteiger partial charge < -0.3 is 14.5 Å². The van der Waals surface area contributed by atoms with Crippen LogP contribution < -0.4 is 5.32 Å². The number of thioether (sulfide) groups is 1. The van der Waals surface area contributed by atoms with Gasteiger partial charge >= 0.3 is 0 Å².